The Labute approximate surface area is 135 Å². The lowest BCUT2D eigenvalue weighted by atomic mass is 10.1. The van der Waals surface area contributed by atoms with Crippen molar-refractivity contribution in [3.05, 3.63) is 23.8 Å². The van der Waals surface area contributed by atoms with Crippen molar-refractivity contribution < 1.29 is 29.3 Å². The minimum Gasteiger partial charge on any atom is -0.493 e. The SMILES string of the molecule is CCCCOc1ccc(C(=O)NCC(C)(O)C(=O)O)cc1OC. The lowest BCUT2D eigenvalue weighted by molar-refractivity contribution is -0.155. The van der Waals surface area contributed by atoms with E-state index in [1.54, 1.807) is 12.1 Å². The third-order valence-corrected chi connectivity index (χ3v) is 3.24. The van der Waals surface area contributed by atoms with Gasteiger partial charge in [0.1, 0.15) is 0 Å². The summed E-state index contributed by atoms with van der Waals surface area (Å²) in [5, 5.41) is 20.8. The molecule has 0 aromatic heterocycles. The van der Waals surface area contributed by atoms with Crippen LogP contribution in [-0.2, 0) is 4.79 Å². The molecule has 0 spiro atoms. The van der Waals surface area contributed by atoms with E-state index in [0.29, 0.717) is 18.1 Å². The number of rotatable bonds is 9. The molecule has 1 rings (SSSR count). The van der Waals surface area contributed by atoms with Gasteiger partial charge in [-0.25, -0.2) is 4.79 Å². The monoisotopic (exact) mass is 325 g/mol. The number of benzene rings is 1. The van der Waals surface area contributed by atoms with Crippen LogP contribution in [0.3, 0.4) is 0 Å². The van der Waals surface area contributed by atoms with Gasteiger partial charge in [-0.15, -0.1) is 0 Å². The maximum Gasteiger partial charge on any atom is 0.337 e. The Kier molecular flexibility index (Phi) is 6.84. The van der Waals surface area contributed by atoms with E-state index in [2.05, 4.69) is 12.2 Å². The van der Waals surface area contributed by atoms with Crippen molar-refractivity contribution in [2.75, 3.05) is 20.3 Å². The van der Waals surface area contributed by atoms with Crippen LogP contribution < -0.4 is 14.8 Å². The summed E-state index contributed by atoms with van der Waals surface area (Å²) in [6.07, 6.45) is 1.92. The van der Waals surface area contributed by atoms with Gasteiger partial charge in [0.2, 0.25) is 0 Å². The zero-order chi connectivity index (χ0) is 17.5. The highest BCUT2D eigenvalue weighted by Gasteiger charge is 2.30. The zero-order valence-corrected chi connectivity index (χ0v) is 13.6. The number of aliphatic hydroxyl groups is 1. The Morgan fingerprint density at radius 1 is 1.30 bits per heavy atom. The van der Waals surface area contributed by atoms with E-state index in [4.69, 9.17) is 14.6 Å². The number of unbranched alkanes of at least 4 members (excludes halogenated alkanes) is 1. The standard InChI is InChI=1S/C16H23NO6/c1-4-5-8-23-12-7-6-11(9-13(12)22-3)14(18)17-10-16(2,21)15(19)20/h6-7,9,21H,4-5,8,10H2,1-3H3,(H,17,18)(H,19,20). The topological polar surface area (TPSA) is 105 Å². The van der Waals surface area contributed by atoms with E-state index >= 15 is 0 Å². The Bertz CT molecular complexity index is 556. The highest BCUT2D eigenvalue weighted by Crippen LogP contribution is 2.28. The molecule has 0 aliphatic heterocycles. The highest BCUT2D eigenvalue weighted by molar-refractivity contribution is 5.95. The molecule has 1 aromatic rings. The maximum atomic E-state index is 12.0. The van der Waals surface area contributed by atoms with Crippen LogP contribution in [0, 0.1) is 0 Å². The normalized spacial score (nSPS) is 13.0. The number of carbonyl (C=O) groups excluding carboxylic acids is 1. The number of amides is 1. The fourth-order valence-electron chi connectivity index (χ4n) is 1.68. The third-order valence-electron chi connectivity index (χ3n) is 3.24. The number of carboxylic acids is 1. The molecule has 0 heterocycles. The van der Waals surface area contributed by atoms with Gasteiger partial charge in [0.05, 0.1) is 20.3 Å². The summed E-state index contributed by atoms with van der Waals surface area (Å²) in [5.41, 5.74) is -1.74. The zero-order valence-electron chi connectivity index (χ0n) is 13.6. The molecule has 0 radical (unpaired) electrons. The van der Waals surface area contributed by atoms with Crippen LogP contribution in [0.2, 0.25) is 0 Å². The van der Waals surface area contributed by atoms with E-state index in [9.17, 15) is 14.7 Å². The Morgan fingerprint density at radius 3 is 2.57 bits per heavy atom. The first kappa shape index (κ1) is 18.8. The van der Waals surface area contributed by atoms with E-state index < -0.39 is 24.0 Å². The van der Waals surface area contributed by atoms with Gasteiger partial charge in [0.25, 0.3) is 5.91 Å². The van der Waals surface area contributed by atoms with Crippen molar-refractivity contribution in [1.29, 1.82) is 0 Å². The number of hydrogen-bond donors (Lipinski definition) is 3. The Hall–Kier alpha value is -2.28. The second-order valence-electron chi connectivity index (χ2n) is 5.33. The van der Waals surface area contributed by atoms with Crippen molar-refractivity contribution in [3.8, 4) is 11.5 Å². The Morgan fingerprint density at radius 2 is 2.00 bits per heavy atom. The number of hydrogen-bond acceptors (Lipinski definition) is 5. The molecule has 1 unspecified atom stereocenters. The van der Waals surface area contributed by atoms with Crippen LogP contribution in [0.4, 0.5) is 0 Å². The molecule has 1 aromatic carbocycles. The van der Waals surface area contributed by atoms with Crippen LogP contribution in [0.15, 0.2) is 18.2 Å². The first-order valence-corrected chi connectivity index (χ1v) is 7.36. The summed E-state index contributed by atoms with van der Waals surface area (Å²) in [6, 6.07) is 4.68. The molecule has 3 N–H and O–H groups in total. The van der Waals surface area contributed by atoms with Crippen molar-refractivity contribution in [1.82, 2.24) is 5.32 Å². The summed E-state index contributed by atoms with van der Waals surface area (Å²) in [7, 11) is 1.47. The summed E-state index contributed by atoms with van der Waals surface area (Å²) in [6.45, 7) is 3.32. The first-order chi connectivity index (χ1) is 10.8. The molecule has 0 aliphatic rings. The molecule has 23 heavy (non-hydrogen) atoms. The highest BCUT2D eigenvalue weighted by atomic mass is 16.5. The fraction of sp³-hybridized carbons (Fsp3) is 0.500. The second kappa shape index (κ2) is 8.38. The first-order valence-electron chi connectivity index (χ1n) is 7.36. The lowest BCUT2D eigenvalue weighted by Gasteiger charge is -2.18. The van der Waals surface area contributed by atoms with Crippen LogP contribution in [0.5, 0.6) is 11.5 Å². The number of carboxylic acid groups (broad SMARTS) is 1. The minimum atomic E-state index is -2.02. The van der Waals surface area contributed by atoms with E-state index in [1.807, 2.05) is 0 Å². The molecule has 128 valence electrons. The van der Waals surface area contributed by atoms with E-state index in [1.165, 1.54) is 13.2 Å². The predicted octanol–water partition coefficient (Wildman–Crippen LogP) is 1.44. The largest absolute Gasteiger partial charge is 0.493 e. The molecular weight excluding hydrogens is 302 g/mol. The van der Waals surface area contributed by atoms with Gasteiger partial charge < -0.3 is 25.0 Å². The minimum absolute atomic E-state index is 0.283. The number of aliphatic carboxylic acids is 1. The van der Waals surface area contributed by atoms with Gasteiger partial charge in [-0.2, -0.15) is 0 Å². The summed E-state index contributed by atoms with van der Waals surface area (Å²) in [5.74, 6) is -0.964. The van der Waals surface area contributed by atoms with Crippen LogP contribution in [0.25, 0.3) is 0 Å². The van der Waals surface area contributed by atoms with Gasteiger partial charge in [-0.3, -0.25) is 4.79 Å². The van der Waals surface area contributed by atoms with Gasteiger partial charge in [0, 0.05) is 5.56 Å². The molecule has 0 saturated heterocycles. The molecular formula is C16H23NO6. The molecule has 0 fully saturated rings. The second-order valence-corrected chi connectivity index (χ2v) is 5.33. The summed E-state index contributed by atoms with van der Waals surface area (Å²) < 4.78 is 10.8. The molecule has 0 aliphatic carbocycles. The molecule has 7 nitrogen and oxygen atoms in total. The van der Waals surface area contributed by atoms with Gasteiger partial charge >= 0.3 is 5.97 Å². The predicted molar refractivity (Wildman–Crippen MR) is 84.0 cm³/mol. The molecule has 0 saturated carbocycles. The van der Waals surface area contributed by atoms with Crippen LogP contribution in [-0.4, -0.2) is 48.0 Å². The van der Waals surface area contributed by atoms with Crippen LogP contribution in [0.1, 0.15) is 37.0 Å². The molecule has 0 bridgehead atoms. The number of methoxy groups -OCH3 is 1. The lowest BCUT2D eigenvalue weighted by Crippen LogP contribution is -2.46. The number of carbonyl (C=O) groups is 2. The van der Waals surface area contributed by atoms with E-state index in [-0.39, 0.29) is 5.56 Å². The van der Waals surface area contributed by atoms with Gasteiger partial charge in [-0.1, -0.05) is 13.3 Å². The number of nitrogens with one attached hydrogen (secondary N) is 1. The molecule has 7 heteroatoms. The average Bonchev–Trinajstić information content (AvgIpc) is 2.53. The van der Waals surface area contributed by atoms with E-state index in [0.717, 1.165) is 19.8 Å². The smallest absolute Gasteiger partial charge is 0.337 e. The van der Waals surface area contributed by atoms with Crippen molar-refractivity contribution >= 4 is 11.9 Å². The Balaban J connectivity index is 2.76. The fourth-order valence-corrected chi connectivity index (χ4v) is 1.68. The van der Waals surface area contributed by atoms with Crippen molar-refractivity contribution in [3.63, 3.8) is 0 Å². The molecule has 1 amide bonds. The molecule has 1 atom stereocenters. The maximum absolute atomic E-state index is 12.0. The quantitative estimate of drug-likeness (QED) is 0.593. The summed E-state index contributed by atoms with van der Waals surface area (Å²) in [4.78, 5) is 22.8. The van der Waals surface area contributed by atoms with Gasteiger partial charge in [-0.05, 0) is 31.5 Å². The van der Waals surface area contributed by atoms with Crippen molar-refractivity contribution in [2.24, 2.45) is 0 Å². The number of ether oxygens (including phenoxy) is 2. The van der Waals surface area contributed by atoms with Crippen LogP contribution >= 0.6 is 0 Å². The summed E-state index contributed by atoms with van der Waals surface area (Å²) >= 11 is 0. The van der Waals surface area contributed by atoms with Gasteiger partial charge in [0.15, 0.2) is 17.1 Å². The average molecular weight is 325 g/mol. The third kappa shape index (κ3) is 5.45. The van der Waals surface area contributed by atoms with Crippen molar-refractivity contribution in [2.45, 2.75) is 32.3 Å².